The normalized spacial score (nSPS) is 10.8. The van der Waals surface area contributed by atoms with Crippen LogP contribution in [0.5, 0.6) is 0 Å². The molecule has 6 heteroatoms. The molecule has 0 saturated heterocycles. The first-order chi connectivity index (χ1) is 9.29. The van der Waals surface area contributed by atoms with Crippen molar-refractivity contribution in [1.29, 1.82) is 0 Å². The van der Waals surface area contributed by atoms with Crippen molar-refractivity contribution >= 4 is 0 Å². The fraction of sp³-hybridized carbons (Fsp3) is 0.385. The van der Waals surface area contributed by atoms with Gasteiger partial charge in [-0.2, -0.15) is 0 Å². The van der Waals surface area contributed by atoms with Gasteiger partial charge in [0.05, 0.1) is 25.0 Å². The molecule has 1 aromatic carbocycles. The van der Waals surface area contributed by atoms with E-state index >= 15 is 0 Å². The van der Waals surface area contributed by atoms with Crippen molar-refractivity contribution in [2.45, 2.75) is 13.1 Å². The van der Waals surface area contributed by atoms with Crippen molar-refractivity contribution in [3.05, 3.63) is 47.5 Å². The third-order valence-electron chi connectivity index (χ3n) is 2.67. The minimum Gasteiger partial charge on any atom is -0.383 e. The van der Waals surface area contributed by atoms with Crippen LogP contribution in [0.1, 0.15) is 11.3 Å². The van der Waals surface area contributed by atoms with Crippen molar-refractivity contribution in [3.63, 3.8) is 0 Å². The number of hydrogen-bond acceptors (Lipinski definition) is 4. The molecule has 0 atom stereocenters. The maximum absolute atomic E-state index is 13.5. The van der Waals surface area contributed by atoms with E-state index in [1.165, 1.54) is 6.07 Å². The molecule has 0 bridgehead atoms. The summed E-state index contributed by atoms with van der Waals surface area (Å²) in [5.41, 5.74) is 1.43. The highest BCUT2D eigenvalue weighted by molar-refractivity contribution is 5.17. The van der Waals surface area contributed by atoms with Crippen molar-refractivity contribution in [1.82, 2.24) is 20.3 Å². The van der Waals surface area contributed by atoms with Gasteiger partial charge in [0.1, 0.15) is 5.82 Å². The van der Waals surface area contributed by atoms with E-state index in [0.717, 1.165) is 12.2 Å². The summed E-state index contributed by atoms with van der Waals surface area (Å²) in [6, 6.07) is 6.67. The molecule has 0 aliphatic carbocycles. The molecule has 0 saturated carbocycles. The zero-order chi connectivity index (χ0) is 13.5. The Kier molecular flexibility index (Phi) is 5.00. The third kappa shape index (κ3) is 4.11. The fourth-order valence-corrected chi connectivity index (χ4v) is 1.69. The Labute approximate surface area is 111 Å². The first-order valence-electron chi connectivity index (χ1n) is 6.11. The van der Waals surface area contributed by atoms with Gasteiger partial charge < -0.3 is 10.1 Å². The number of ether oxygens (including phenoxy) is 1. The average molecular weight is 264 g/mol. The summed E-state index contributed by atoms with van der Waals surface area (Å²) in [7, 11) is 1.66. The van der Waals surface area contributed by atoms with Crippen molar-refractivity contribution in [3.8, 4) is 0 Å². The Morgan fingerprint density at radius 3 is 3.00 bits per heavy atom. The van der Waals surface area contributed by atoms with E-state index < -0.39 is 0 Å². The molecule has 1 heterocycles. The maximum Gasteiger partial charge on any atom is 0.128 e. The van der Waals surface area contributed by atoms with E-state index in [1.807, 2.05) is 12.3 Å². The van der Waals surface area contributed by atoms with E-state index in [1.54, 1.807) is 23.9 Å². The van der Waals surface area contributed by atoms with Crippen LogP contribution in [-0.2, 0) is 17.8 Å². The van der Waals surface area contributed by atoms with Crippen LogP contribution in [0.4, 0.5) is 4.39 Å². The van der Waals surface area contributed by atoms with Gasteiger partial charge in [0, 0.05) is 25.8 Å². The van der Waals surface area contributed by atoms with Crippen LogP contribution in [0.15, 0.2) is 30.5 Å². The summed E-state index contributed by atoms with van der Waals surface area (Å²) in [6.45, 7) is 2.43. The largest absolute Gasteiger partial charge is 0.383 e. The minimum atomic E-state index is -0.224. The summed E-state index contributed by atoms with van der Waals surface area (Å²) >= 11 is 0. The zero-order valence-electron chi connectivity index (χ0n) is 10.8. The highest BCUT2D eigenvalue weighted by atomic mass is 19.1. The molecule has 0 spiro atoms. The standard InChI is InChI=1S/C13H17FN4O/c1-19-7-6-15-8-12-10-18(17-16-12)9-11-4-2-3-5-13(11)14/h2-5,10,15H,6-9H2,1H3. The lowest BCUT2D eigenvalue weighted by Gasteiger charge is -2.02. The minimum absolute atomic E-state index is 0.224. The molecule has 0 fully saturated rings. The van der Waals surface area contributed by atoms with Crippen molar-refractivity contribution in [2.75, 3.05) is 20.3 Å². The monoisotopic (exact) mass is 264 g/mol. The molecule has 102 valence electrons. The number of benzene rings is 1. The Bertz CT molecular complexity index is 515. The summed E-state index contributed by atoms with van der Waals surface area (Å²) in [5.74, 6) is -0.224. The van der Waals surface area contributed by atoms with Gasteiger partial charge in [-0.1, -0.05) is 23.4 Å². The van der Waals surface area contributed by atoms with Crippen LogP contribution in [-0.4, -0.2) is 35.3 Å². The predicted molar refractivity (Wildman–Crippen MR) is 69.1 cm³/mol. The zero-order valence-corrected chi connectivity index (χ0v) is 10.8. The molecular weight excluding hydrogens is 247 g/mol. The number of hydrogen-bond donors (Lipinski definition) is 1. The van der Waals surface area contributed by atoms with Crippen LogP contribution >= 0.6 is 0 Å². The average Bonchev–Trinajstić information content (AvgIpc) is 2.85. The van der Waals surface area contributed by atoms with E-state index in [4.69, 9.17) is 4.74 Å². The molecule has 0 amide bonds. The molecule has 0 aliphatic heterocycles. The number of rotatable bonds is 7. The van der Waals surface area contributed by atoms with Gasteiger partial charge in [0.25, 0.3) is 0 Å². The van der Waals surface area contributed by atoms with Crippen molar-refractivity contribution < 1.29 is 9.13 Å². The van der Waals surface area contributed by atoms with Crippen LogP contribution < -0.4 is 5.32 Å². The van der Waals surface area contributed by atoms with E-state index in [0.29, 0.717) is 25.3 Å². The SMILES string of the molecule is COCCNCc1cn(Cc2ccccc2F)nn1. The Hall–Kier alpha value is -1.79. The van der Waals surface area contributed by atoms with Crippen LogP contribution in [0.3, 0.4) is 0 Å². The Morgan fingerprint density at radius 2 is 2.21 bits per heavy atom. The quantitative estimate of drug-likeness (QED) is 0.764. The number of nitrogens with one attached hydrogen (secondary N) is 1. The lowest BCUT2D eigenvalue weighted by molar-refractivity contribution is 0.199. The molecule has 5 nitrogen and oxygen atoms in total. The van der Waals surface area contributed by atoms with Gasteiger partial charge in [0.2, 0.25) is 0 Å². The lowest BCUT2D eigenvalue weighted by Crippen LogP contribution is -2.18. The second-order valence-electron chi connectivity index (χ2n) is 4.17. The molecule has 0 aliphatic rings. The van der Waals surface area contributed by atoms with Crippen molar-refractivity contribution in [2.24, 2.45) is 0 Å². The lowest BCUT2D eigenvalue weighted by atomic mass is 10.2. The number of methoxy groups -OCH3 is 1. The van der Waals surface area contributed by atoms with E-state index in [-0.39, 0.29) is 5.82 Å². The summed E-state index contributed by atoms with van der Waals surface area (Å²) < 4.78 is 20.0. The molecule has 19 heavy (non-hydrogen) atoms. The highest BCUT2D eigenvalue weighted by Gasteiger charge is 2.04. The molecule has 2 aromatic rings. The smallest absolute Gasteiger partial charge is 0.128 e. The summed E-state index contributed by atoms with van der Waals surface area (Å²) in [5, 5.41) is 11.2. The predicted octanol–water partition coefficient (Wildman–Crippen LogP) is 1.20. The van der Waals surface area contributed by atoms with Crippen LogP contribution in [0.25, 0.3) is 0 Å². The molecule has 1 aromatic heterocycles. The van der Waals surface area contributed by atoms with E-state index in [9.17, 15) is 4.39 Å². The Morgan fingerprint density at radius 1 is 1.37 bits per heavy atom. The van der Waals surface area contributed by atoms with Gasteiger partial charge in [0.15, 0.2) is 0 Å². The molecular formula is C13H17FN4O. The van der Waals surface area contributed by atoms with Gasteiger partial charge in [-0.05, 0) is 6.07 Å². The van der Waals surface area contributed by atoms with Gasteiger partial charge >= 0.3 is 0 Å². The molecule has 0 radical (unpaired) electrons. The summed E-state index contributed by atoms with van der Waals surface area (Å²) in [4.78, 5) is 0. The van der Waals surface area contributed by atoms with Gasteiger partial charge in [-0.3, -0.25) is 0 Å². The molecule has 1 N–H and O–H groups in total. The van der Waals surface area contributed by atoms with Gasteiger partial charge in [-0.15, -0.1) is 5.10 Å². The first kappa shape index (κ1) is 13.6. The number of halogens is 1. The maximum atomic E-state index is 13.5. The van der Waals surface area contributed by atoms with Crippen LogP contribution in [0.2, 0.25) is 0 Å². The molecule has 0 unspecified atom stereocenters. The molecule has 2 rings (SSSR count). The highest BCUT2D eigenvalue weighted by Crippen LogP contribution is 2.08. The fourth-order valence-electron chi connectivity index (χ4n) is 1.69. The number of aromatic nitrogens is 3. The second kappa shape index (κ2) is 6.96. The number of nitrogens with zero attached hydrogens (tertiary/aromatic N) is 3. The van der Waals surface area contributed by atoms with E-state index in [2.05, 4.69) is 15.6 Å². The Balaban J connectivity index is 1.89. The third-order valence-corrected chi connectivity index (χ3v) is 2.67. The second-order valence-corrected chi connectivity index (χ2v) is 4.17. The topological polar surface area (TPSA) is 52.0 Å². The first-order valence-corrected chi connectivity index (χ1v) is 6.11. The van der Waals surface area contributed by atoms with Crippen LogP contribution in [0, 0.1) is 5.82 Å². The summed E-state index contributed by atoms with van der Waals surface area (Å²) in [6.07, 6.45) is 1.81. The van der Waals surface area contributed by atoms with Gasteiger partial charge in [-0.25, -0.2) is 9.07 Å².